The standard InChI is InChI=1S/C22H19N5/c1-2-6-18-14-27(12-10-16(18)5-1)21-13-20(24-15-25-21)26-19-9-3-7-17-8-4-11-23-22(17)19/h1-9,11,13,15H,10,12,14H2,(H,24,25,26). The second kappa shape index (κ2) is 6.68. The Kier molecular flexibility index (Phi) is 3.90. The first kappa shape index (κ1) is 15.8. The first-order valence-electron chi connectivity index (χ1n) is 9.11. The van der Waals surface area contributed by atoms with Gasteiger partial charge >= 0.3 is 0 Å². The molecule has 0 spiro atoms. The predicted octanol–water partition coefficient (Wildman–Crippen LogP) is 4.33. The average molecular weight is 353 g/mol. The van der Waals surface area contributed by atoms with Gasteiger partial charge in [0.1, 0.15) is 18.0 Å². The molecule has 1 aliphatic heterocycles. The van der Waals surface area contributed by atoms with Crippen LogP contribution in [0.1, 0.15) is 11.1 Å². The fraction of sp³-hybridized carbons (Fsp3) is 0.136. The van der Waals surface area contributed by atoms with Crippen LogP contribution in [0.5, 0.6) is 0 Å². The number of hydrogen-bond donors (Lipinski definition) is 1. The van der Waals surface area contributed by atoms with Gasteiger partial charge in [-0.3, -0.25) is 4.98 Å². The molecule has 0 saturated heterocycles. The number of hydrogen-bond acceptors (Lipinski definition) is 5. The predicted molar refractivity (Wildman–Crippen MR) is 108 cm³/mol. The van der Waals surface area contributed by atoms with Gasteiger partial charge in [-0.1, -0.05) is 42.5 Å². The van der Waals surface area contributed by atoms with E-state index in [2.05, 4.69) is 61.6 Å². The summed E-state index contributed by atoms with van der Waals surface area (Å²) < 4.78 is 0. The van der Waals surface area contributed by atoms with Crippen LogP contribution in [-0.4, -0.2) is 21.5 Å². The fourth-order valence-corrected chi connectivity index (χ4v) is 3.62. The van der Waals surface area contributed by atoms with Crippen molar-refractivity contribution in [3.8, 4) is 0 Å². The number of nitrogens with zero attached hydrogens (tertiary/aromatic N) is 4. The van der Waals surface area contributed by atoms with Gasteiger partial charge in [-0.15, -0.1) is 0 Å². The highest BCUT2D eigenvalue weighted by Crippen LogP contribution is 2.27. The Morgan fingerprint density at radius 3 is 2.70 bits per heavy atom. The first-order chi connectivity index (χ1) is 13.4. The number of pyridine rings is 1. The van der Waals surface area contributed by atoms with Crippen LogP contribution >= 0.6 is 0 Å². The highest BCUT2D eigenvalue weighted by atomic mass is 15.2. The molecule has 4 aromatic rings. The lowest BCUT2D eigenvalue weighted by molar-refractivity contribution is 0.719. The molecule has 0 fully saturated rings. The molecular formula is C22H19N5. The Hall–Kier alpha value is -3.47. The topological polar surface area (TPSA) is 53.9 Å². The van der Waals surface area contributed by atoms with Crippen LogP contribution in [-0.2, 0) is 13.0 Å². The SMILES string of the molecule is c1ccc2c(c1)CCN(c1cc(Nc3cccc4cccnc34)ncn1)C2. The monoisotopic (exact) mass is 353 g/mol. The van der Waals surface area contributed by atoms with E-state index in [-0.39, 0.29) is 0 Å². The summed E-state index contributed by atoms with van der Waals surface area (Å²) in [6.45, 7) is 1.84. The van der Waals surface area contributed by atoms with E-state index in [1.54, 1.807) is 6.33 Å². The van der Waals surface area contributed by atoms with E-state index in [1.165, 1.54) is 11.1 Å². The number of rotatable bonds is 3. The minimum atomic E-state index is 0.775. The number of para-hydroxylation sites is 1. The molecule has 0 atom stereocenters. The molecule has 2 aromatic heterocycles. The van der Waals surface area contributed by atoms with E-state index in [9.17, 15) is 0 Å². The molecule has 2 aromatic carbocycles. The van der Waals surface area contributed by atoms with E-state index < -0.39 is 0 Å². The number of fused-ring (bicyclic) bond motifs is 2. The van der Waals surface area contributed by atoms with Crippen LogP contribution in [0.4, 0.5) is 17.3 Å². The number of benzene rings is 2. The van der Waals surface area contributed by atoms with Crippen LogP contribution in [0.25, 0.3) is 10.9 Å². The molecule has 1 aliphatic rings. The van der Waals surface area contributed by atoms with Gasteiger partial charge in [0.05, 0.1) is 11.2 Å². The van der Waals surface area contributed by atoms with Crippen molar-refractivity contribution < 1.29 is 0 Å². The third kappa shape index (κ3) is 3.08. The summed E-state index contributed by atoms with van der Waals surface area (Å²) in [4.78, 5) is 15.7. The lowest BCUT2D eigenvalue weighted by Crippen LogP contribution is -2.31. The molecule has 1 N–H and O–H groups in total. The summed E-state index contributed by atoms with van der Waals surface area (Å²) in [6, 6.07) is 20.7. The molecule has 0 bridgehead atoms. The zero-order valence-corrected chi connectivity index (χ0v) is 14.8. The van der Waals surface area contributed by atoms with Gasteiger partial charge in [-0.25, -0.2) is 9.97 Å². The Bertz CT molecular complexity index is 1100. The molecule has 5 heteroatoms. The van der Waals surface area contributed by atoms with Crippen molar-refractivity contribution in [3.05, 3.63) is 84.3 Å². The summed E-state index contributed by atoms with van der Waals surface area (Å²) in [5.41, 5.74) is 4.69. The van der Waals surface area contributed by atoms with Crippen LogP contribution < -0.4 is 10.2 Å². The van der Waals surface area contributed by atoms with Gasteiger partial charge in [0.2, 0.25) is 0 Å². The molecule has 0 unspecified atom stereocenters. The summed E-state index contributed by atoms with van der Waals surface area (Å²) in [7, 11) is 0. The second-order valence-corrected chi connectivity index (χ2v) is 6.71. The average Bonchev–Trinajstić information content (AvgIpc) is 2.74. The van der Waals surface area contributed by atoms with Crippen molar-refractivity contribution in [2.45, 2.75) is 13.0 Å². The zero-order valence-electron chi connectivity index (χ0n) is 14.8. The van der Waals surface area contributed by atoms with Crippen LogP contribution in [0.15, 0.2) is 73.2 Å². The maximum Gasteiger partial charge on any atom is 0.135 e. The van der Waals surface area contributed by atoms with Crippen LogP contribution in [0, 0.1) is 0 Å². The molecule has 5 rings (SSSR count). The Morgan fingerprint density at radius 2 is 1.74 bits per heavy atom. The minimum absolute atomic E-state index is 0.775. The third-order valence-electron chi connectivity index (χ3n) is 5.00. The summed E-state index contributed by atoms with van der Waals surface area (Å²) >= 11 is 0. The fourth-order valence-electron chi connectivity index (χ4n) is 3.62. The third-order valence-corrected chi connectivity index (χ3v) is 5.00. The normalized spacial score (nSPS) is 13.4. The van der Waals surface area contributed by atoms with Gasteiger partial charge in [0, 0.05) is 30.7 Å². The lowest BCUT2D eigenvalue weighted by atomic mass is 10.00. The molecule has 0 amide bonds. The molecular weight excluding hydrogens is 334 g/mol. The number of anilines is 3. The zero-order chi connectivity index (χ0) is 18.1. The number of aromatic nitrogens is 3. The van der Waals surface area contributed by atoms with Crippen LogP contribution in [0.2, 0.25) is 0 Å². The molecule has 0 radical (unpaired) electrons. The first-order valence-corrected chi connectivity index (χ1v) is 9.11. The van der Waals surface area contributed by atoms with Gasteiger partial charge in [0.15, 0.2) is 0 Å². The maximum atomic E-state index is 4.50. The van der Waals surface area contributed by atoms with Gasteiger partial charge < -0.3 is 10.2 Å². The summed E-state index contributed by atoms with van der Waals surface area (Å²) in [5, 5.41) is 4.51. The van der Waals surface area contributed by atoms with E-state index in [4.69, 9.17) is 0 Å². The van der Waals surface area contributed by atoms with Gasteiger partial charge in [-0.2, -0.15) is 0 Å². The molecule has 27 heavy (non-hydrogen) atoms. The van der Waals surface area contributed by atoms with E-state index >= 15 is 0 Å². The van der Waals surface area contributed by atoms with Crippen molar-refractivity contribution in [2.75, 3.05) is 16.8 Å². The van der Waals surface area contributed by atoms with Crippen molar-refractivity contribution in [1.29, 1.82) is 0 Å². The van der Waals surface area contributed by atoms with Crippen molar-refractivity contribution >= 4 is 28.2 Å². The Labute approximate surface area is 157 Å². The van der Waals surface area contributed by atoms with Crippen molar-refractivity contribution in [3.63, 3.8) is 0 Å². The maximum absolute atomic E-state index is 4.50. The quantitative estimate of drug-likeness (QED) is 0.594. The minimum Gasteiger partial charge on any atom is -0.352 e. The smallest absolute Gasteiger partial charge is 0.135 e. The highest BCUT2D eigenvalue weighted by molar-refractivity contribution is 5.91. The van der Waals surface area contributed by atoms with Crippen molar-refractivity contribution in [2.24, 2.45) is 0 Å². The van der Waals surface area contributed by atoms with Crippen LogP contribution in [0.3, 0.4) is 0 Å². The van der Waals surface area contributed by atoms with Gasteiger partial charge in [-0.05, 0) is 29.7 Å². The second-order valence-electron chi connectivity index (χ2n) is 6.71. The molecule has 132 valence electrons. The summed E-state index contributed by atoms with van der Waals surface area (Å²) in [6.07, 6.45) is 4.47. The lowest BCUT2D eigenvalue weighted by Gasteiger charge is -2.29. The van der Waals surface area contributed by atoms with E-state index in [1.807, 2.05) is 30.5 Å². The molecule has 0 saturated carbocycles. The molecule has 0 aliphatic carbocycles. The largest absolute Gasteiger partial charge is 0.352 e. The van der Waals surface area contributed by atoms with E-state index in [0.29, 0.717) is 0 Å². The number of nitrogens with one attached hydrogen (secondary N) is 1. The van der Waals surface area contributed by atoms with Crippen molar-refractivity contribution in [1.82, 2.24) is 15.0 Å². The highest BCUT2D eigenvalue weighted by Gasteiger charge is 2.17. The van der Waals surface area contributed by atoms with E-state index in [0.717, 1.165) is 47.7 Å². The Balaban J connectivity index is 1.43. The Morgan fingerprint density at radius 1 is 0.852 bits per heavy atom. The molecule has 5 nitrogen and oxygen atoms in total. The summed E-state index contributed by atoms with van der Waals surface area (Å²) in [5.74, 6) is 1.72. The molecule has 3 heterocycles. The van der Waals surface area contributed by atoms with Gasteiger partial charge in [0.25, 0.3) is 0 Å².